The molecule has 0 aliphatic carbocycles. The molecular weight excluding hydrogens is 252 g/mol. The van der Waals surface area contributed by atoms with E-state index in [1.807, 2.05) is 0 Å². The third-order valence-corrected chi connectivity index (χ3v) is 5.41. The SMILES string of the molecule is C#CCN1CCN(S(=O)(=O)N2CCNCC2)CC1. The van der Waals surface area contributed by atoms with E-state index in [1.54, 1.807) is 8.61 Å². The molecule has 7 heteroatoms. The summed E-state index contributed by atoms with van der Waals surface area (Å²) >= 11 is 0. The minimum Gasteiger partial charge on any atom is -0.314 e. The van der Waals surface area contributed by atoms with Crippen LogP contribution in [0.1, 0.15) is 0 Å². The van der Waals surface area contributed by atoms with Crippen molar-refractivity contribution in [2.24, 2.45) is 0 Å². The van der Waals surface area contributed by atoms with Crippen molar-refractivity contribution in [2.45, 2.75) is 0 Å². The van der Waals surface area contributed by atoms with Crippen molar-refractivity contribution in [1.29, 1.82) is 0 Å². The summed E-state index contributed by atoms with van der Waals surface area (Å²) < 4.78 is 27.9. The molecule has 2 aliphatic rings. The molecular formula is C11H20N4O2S. The van der Waals surface area contributed by atoms with Gasteiger partial charge in [-0.25, -0.2) is 0 Å². The lowest BCUT2D eigenvalue weighted by Gasteiger charge is -2.37. The molecule has 6 nitrogen and oxygen atoms in total. The van der Waals surface area contributed by atoms with Gasteiger partial charge in [0.2, 0.25) is 0 Å². The summed E-state index contributed by atoms with van der Waals surface area (Å²) in [5.74, 6) is 2.59. The van der Waals surface area contributed by atoms with E-state index in [0.29, 0.717) is 32.7 Å². The average molecular weight is 272 g/mol. The minimum absolute atomic E-state index is 0.536. The van der Waals surface area contributed by atoms with Gasteiger partial charge < -0.3 is 5.32 Å². The van der Waals surface area contributed by atoms with Crippen LogP contribution in [0, 0.1) is 12.3 Å². The van der Waals surface area contributed by atoms with Gasteiger partial charge in [0, 0.05) is 52.4 Å². The fraction of sp³-hybridized carbons (Fsp3) is 0.818. The lowest BCUT2D eigenvalue weighted by atomic mass is 10.4. The van der Waals surface area contributed by atoms with E-state index >= 15 is 0 Å². The van der Waals surface area contributed by atoms with Gasteiger partial charge in [-0.2, -0.15) is 17.0 Å². The van der Waals surface area contributed by atoms with Gasteiger partial charge >= 0.3 is 0 Å². The Morgan fingerprint density at radius 3 is 2.11 bits per heavy atom. The lowest BCUT2D eigenvalue weighted by Crippen LogP contribution is -2.56. The zero-order valence-corrected chi connectivity index (χ0v) is 11.3. The zero-order valence-electron chi connectivity index (χ0n) is 10.5. The Bertz CT molecular complexity index is 403. The molecule has 1 N–H and O–H groups in total. The maximum absolute atomic E-state index is 12.4. The number of piperazine rings is 2. The molecule has 2 fully saturated rings. The Morgan fingerprint density at radius 1 is 1.00 bits per heavy atom. The predicted octanol–water partition coefficient (Wildman–Crippen LogP) is -1.61. The van der Waals surface area contributed by atoms with Crippen molar-refractivity contribution >= 4 is 10.2 Å². The van der Waals surface area contributed by atoms with Crippen molar-refractivity contribution in [3.8, 4) is 12.3 Å². The average Bonchev–Trinajstić information content (AvgIpc) is 2.41. The van der Waals surface area contributed by atoms with Crippen LogP contribution in [-0.2, 0) is 10.2 Å². The number of rotatable bonds is 3. The highest BCUT2D eigenvalue weighted by Crippen LogP contribution is 2.12. The third-order valence-electron chi connectivity index (χ3n) is 3.37. The van der Waals surface area contributed by atoms with Crippen LogP contribution in [0.3, 0.4) is 0 Å². The Kier molecular flexibility index (Phi) is 4.59. The largest absolute Gasteiger partial charge is 0.314 e. The standard InChI is InChI=1S/C11H20N4O2S/c1-2-5-13-8-10-15(11-9-13)18(16,17)14-6-3-12-4-7-14/h1,12H,3-11H2. The predicted molar refractivity (Wildman–Crippen MR) is 70.2 cm³/mol. The Morgan fingerprint density at radius 2 is 1.56 bits per heavy atom. The molecule has 0 unspecified atom stereocenters. The molecule has 0 spiro atoms. The molecule has 0 amide bonds. The van der Waals surface area contributed by atoms with Gasteiger partial charge in [-0.15, -0.1) is 6.42 Å². The molecule has 2 rings (SSSR count). The van der Waals surface area contributed by atoms with E-state index < -0.39 is 10.2 Å². The van der Waals surface area contributed by atoms with Crippen LogP contribution >= 0.6 is 0 Å². The van der Waals surface area contributed by atoms with Gasteiger partial charge in [0.05, 0.1) is 6.54 Å². The minimum atomic E-state index is -3.28. The summed E-state index contributed by atoms with van der Waals surface area (Å²) in [7, 11) is -3.28. The number of terminal acetylenes is 1. The van der Waals surface area contributed by atoms with Crippen LogP contribution in [0.5, 0.6) is 0 Å². The van der Waals surface area contributed by atoms with Crippen LogP contribution in [0.25, 0.3) is 0 Å². The lowest BCUT2D eigenvalue weighted by molar-refractivity contribution is 0.196. The van der Waals surface area contributed by atoms with E-state index in [1.165, 1.54) is 0 Å². The van der Waals surface area contributed by atoms with Crippen LogP contribution in [0.15, 0.2) is 0 Å². The molecule has 0 saturated carbocycles. The van der Waals surface area contributed by atoms with E-state index in [2.05, 4.69) is 16.1 Å². The second-order valence-corrected chi connectivity index (χ2v) is 6.46. The maximum Gasteiger partial charge on any atom is 0.282 e. The number of nitrogens with zero attached hydrogens (tertiary/aromatic N) is 3. The Balaban J connectivity index is 1.93. The van der Waals surface area contributed by atoms with E-state index in [0.717, 1.165) is 26.2 Å². The van der Waals surface area contributed by atoms with Gasteiger partial charge in [0.1, 0.15) is 0 Å². The van der Waals surface area contributed by atoms with Crippen molar-refractivity contribution < 1.29 is 8.42 Å². The topological polar surface area (TPSA) is 55.9 Å². The summed E-state index contributed by atoms with van der Waals surface area (Å²) in [5, 5.41) is 3.16. The summed E-state index contributed by atoms with van der Waals surface area (Å²) in [6.45, 7) is 5.70. The maximum atomic E-state index is 12.4. The van der Waals surface area contributed by atoms with Crippen LogP contribution in [0.4, 0.5) is 0 Å². The zero-order chi connectivity index (χ0) is 13.0. The first-order chi connectivity index (χ1) is 8.64. The third kappa shape index (κ3) is 3.02. The van der Waals surface area contributed by atoms with Crippen molar-refractivity contribution in [2.75, 3.05) is 58.9 Å². The first-order valence-corrected chi connectivity index (χ1v) is 7.66. The van der Waals surface area contributed by atoms with Gasteiger partial charge in [0.25, 0.3) is 10.2 Å². The van der Waals surface area contributed by atoms with Crippen LogP contribution < -0.4 is 5.32 Å². The molecule has 0 aromatic heterocycles. The second kappa shape index (κ2) is 5.99. The van der Waals surface area contributed by atoms with E-state index in [-0.39, 0.29) is 0 Å². The molecule has 2 aliphatic heterocycles. The van der Waals surface area contributed by atoms with Gasteiger partial charge in [-0.1, -0.05) is 5.92 Å². The number of nitrogens with one attached hydrogen (secondary N) is 1. The van der Waals surface area contributed by atoms with Gasteiger partial charge in [-0.3, -0.25) is 4.90 Å². The van der Waals surface area contributed by atoms with Gasteiger partial charge in [0.15, 0.2) is 0 Å². The summed E-state index contributed by atoms with van der Waals surface area (Å²) in [6.07, 6.45) is 5.26. The summed E-state index contributed by atoms with van der Waals surface area (Å²) in [5.41, 5.74) is 0. The van der Waals surface area contributed by atoms with Crippen molar-refractivity contribution in [1.82, 2.24) is 18.8 Å². The molecule has 2 saturated heterocycles. The number of hydrogen-bond donors (Lipinski definition) is 1. The highest BCUT2D eigenvalue weighted by Gasteiger charge is 2.32. The molecule has 0 radical (unpaired) electrons. The Labute approximate surface area is 109 Å². The molecule has 0 bridgehead atoms. The quantitative estimate of drug-likeness (QED) is 0.628. The fourth-order valence-corrected chi connectivity index (χ4v) is 3.88. The van der Waals surface area contributed by atoms with E-state index in [4.69, 9.17) is 6.42 Å². The molecule has 0 atom stereocenters. The van der Waals surface area contributed by atoms with Crippen LogP contribution in [-0.4, -0.2) is 80.8 Å². The first-order valence-electron chi connectivity index (χ1n) is 6.26. The normalized spacial score (nSPS) is 24.8. The second-order valence-electron chi connectivity index (χ2n) is 4.54. The molecule has 18 heavy (non-hydrogen) atoms. The monoisotopic (exact) mass is 272 g/mol. The first kappa shape index (κ1) is 13.8. The summed E-state index contributed by atoms with van der Waals surface area (Å²) in [6, 6.07) is 0. The fourth-order valence-electron chi connectivity index (χ4n) is 2.29. The van der Waals surface area contributed by atoms with Gasteiger partial charge in [-0.05, 0) is 0 Å². The highest BCUT2D eigenvalue weighted by atomic mass is 32.2. The molecule has 0 aromatic rings. The van der Waals surface area contributed by atoms with Crippen molar-refractivity contribution in [3.05, 3.63) is 0 Å². The summed E-state index contributed by atoms with van der Waals surface area (Å²) in [4.78, 5) is 2.10. The smallest absolute Gasteiger partial charge is 0.282 e. The van der Waals surface area contributed by atoms with Crippen molar-refractivity contribution in [3.63, 3.8) is 0 Å². The number of hydrogen-bond acceptors (Lipinski definition) is 4. The van der Waals surface area contributed by atoms with Crippen LogP contribution in [0.2, 0.25) is 0 Å². The Hall–Kier alpha value is -0.650. The molecule has 2 heterocycles. The molecule has 0 aromatic carbocycles. The highest BCUT2D eigenvalue weighted by molar-refractivity contribution is 7.86. The van der Waals surface area contributed by atoms with E-state index in [9.17, 15) is 8.42 Å². The molecule has 102 valence electrons.